The Morgan fingerprint density at radius 3 is 2.26 bits per heavy atom. The maximum absolute atomic E-state index is 9.92. The van der Waals surface area contributed by atoms with Gasteiger partial charge in [-0.25, -0.2) is 0 Å². The summed E-state index contributed by atoms with van der Waals surface area (Å²) in [5.74, 6) is 0. The summed E-state index contributed by atoms with van der Waals surface area (Å²) in [6.07, 6.45) is -3.83. The molecule has 0 aromatic heterocycles. The van der Waals surface area contributed by atoms with Crippen LogP contribution in [0.15, 0.2) is 0 Å². The van der Waals surface area contributed by atoms with Crippen molar-refractivity contribution >= 4 is 0 Å². The molecule has 1 aliphatic heterocycles. The van der Waals surface area contributed by atoms with Crippen molar-refractivity contribution in [3.63, 3.8) is 0 Å². The number of hydrogen-bond acceptors (Lipinski definition) is 7. The maximum atomic E-state index is 9.92. The third kappa shape index (κ3) is 7.01. The summed E-state index contributed by atoms with van der Waals surface area (Å²) in [6, 6.07) is 0. The van der Waals surface area contributed by atoms with Crippen molar-refractivity contribution < 1.29 is 35.0 Å². The quantitative estimate of drug-likeness (QED) is 0.415. The first-order chi connectivity index (χ1) is 10.7. The summed E-state index contributed by atoms with van der Waals surface area (Å²) in [5.41, 5.74) is 0.243. The van der Waals surface area contributed by atoms with E-state index in [2.05, 4.69) is 20.8 Å². The van der Waals surface area contributed by atoms with Gasteiger partial charge in [-0.15, -0.1) is 0 Å². The molecule has 1 fully saturated rings. The molecule has 0 aromatic carbocycles. The van der Waals surface area contributed by atoms with Crippen LogP contribution in [-0.4, -0.2) is 75.6 Å². The number of aliphatic hydroxyl groups excluding tert-OH is 5. The van der Waals surface area contributed by atoms with E-state index in [1.54, 1.807) is 0 Å². The Morgan fingerprint density at radius 1 is 1.04 bits per heavy atom. The van der Waals surface area contributed by atoms with E-state index in [-0.39, 0.29) is 12.0 Å². The molecule has 0 bridgehead atoms. The molecular weight excluding hydrogens is 304 g/mol. The predicted molar refractivity (Wildman–Crippen MR) is 83.6 cm³/mol. The van der Waals surface area contributed by atoms with Crippen LogP contribution >= 0.6 is 0 Å². The van der Waals surface area contributed by atoms with Crippen LogP contribution in [-0.2, 0) is 9.47 Å². The van der Waals surface area contributed by atoms with E-state index in [0.29, 0.717) is 12.8 Å². The van der Waals surface area contributed by atoms with E-state index in [0.717, 1.165) is 12.8 Å². The van der Waals surface area contributed by atoms with Crippen LogP contribution in [0.3, 0.4) is 0 Å². The molecule has 1 rings (SSSR count). The topological polar surface area (TPSA) is 120 Å². The monoisotopic (exact) mass is 336 g/mol. The van der Waals surface area contributed by atoms with Crippen LogP contribution in [0.25, 0.3) is 0 Å². The summed E-state index contributed by atoms with van der Waals surface area (Å²) in [5, 5.41) is 48.1. The Morgan fingerprint density at radius 2 is 1.70 bits per heavy atom. The summed E-state index contributed by atoms with van der Waals surface area (Å²) in [7, 11) is 0. The Balaban J connectivity index is 2.28. The lowest BCUT2D eigenvalue weighted by Gasteiger charge is -2.39. The summed E-state index contributed by atoms with van der Waals surface area (Å²) >= 11 is 0. The second kappa shape index (κ2) is 9.27. The zero-order chi connectivity index (χ0) is 17.6. The molecule has 3 unspecified atom stereocenters. The van der Waals surface area contributed by atoms with Crippen molar-refractivity contribution in [3.8, 4) is 0 Å². The first-order valence-electron chi connectivity index (χ1n) is 8.26. The molecular formula is C16H32O7. The predicted octanol–water partition coefficient (Wildman–Crippen LogP) is -0.230. The molecule has 1 heterocycles. The van der Waals surface area contributed by atoms with E-state index < -0.39 is 43.4 Å². The molecule has 7 nitrogen and oxygen atoms in total. The lowest BCUT2D eigenvalue weighted by molar-refractivity contribution is -0.301. The number of rotatable bonds is 8. The molecule has 7 heteroatoms. The highest BCUT2D eigenvalue weighted by atomic mass is 16.7. The fourth-order valence-corrected chi connectivity index (χ4v) is 2.54. The Hall–Kier alpha value is -0.280. The van der Waals surface area contributed by atoms with E-state index in [1.165, 1.54) is 0 Å². The van der Waals surface area contributed by atoms with E-state index in [1.807, 2.05) is 0 Å². The molecule has 138 valence electrons. The van der Waals surface area contributed by atoms with Crippen molar-refractivity contribution in [2.75, 3.05) is 13.2 Å². The highest BCUT2D eigenvalue weighted by molar-refractivity contribution is 4.88. The second-order valence-corrected chi connectivity index (χ2v) is 7.46. The van der Waals surface area contributed by atoms with Crippen LogP contribution < -0.4 is 0 Å². The van der Waals surface area contributed by atoms with Gasteiger partial charge in [0.15, 0.2) is 6.29 Å². The standard InChI is InChI=1S/C16H32O7/c1-16(2,3)7-4-5-10(18)6-8-22-15-14(21)13(20)12(19)11(9-17)23-15/h10-15,17-21H,4-9H2,1-3H3/t10-,11?,12+,13?,14?,15+/m1/s1. The summed E-state index contributed by atoms with van der Waals surface area (Å²) in [4.78, 5) is 0. The minimum Gasteiger partial charge on any atom is -0.394 e. The highest BCUT2D eigenvalue weighted by Gasteiger charge is 2.43. The number of aliphatic hydroxyl groups is 5. The summed E-state index contributed by atoms with van der Waals surface area (Å²) in [6.45, 7) is 6.13. The van der Waals surface area contributed by atoms with Crippen LogP contribution in [0.5, 0.6) is 0 Å². The lowest BCUT2D eigenvalue weighted by Crippen LogP contribution is -2.59. The minimum atomic E-state index is -1.44. The van der Waals surface area contributed by atoms with Crippen molar-refractivity contribution in [1.82, 2.24) is 0 Å². The van der Waals surface area contributed by atoms with Gasteiger partial charge in [-0.3, -0.25) is 0 Å². The fourth-order valence-electron chi connectivity index (χ4n) is 2.54. The number of ether oxygens (including phenoxy) is 2. The van der Waals surface area contributed by atoms with Gasteiger partial charge in [-0.2, -0.15) is 0 Å². The van der Waals surface area contributed by atoms with E-state index in [4.69, 9.17) is 14.6 Å². The zero-order valence-corrected chi connectivity index (χ0v) is 14.3. The Labute approximate surface area is 137 Å². The first kappa shape index (κ1) is 20.8. The average Bonchev–Trinajstić information content (AvgIpc) is 2.46. The molecule has 0 spiro atoms. The van der Waals surface area contributed by atoms with Gasteiger partial charge in [-0.1, -0.05) is 27.2 Å². The van der Waals surface area contributed by atoms with Crippen LogP contribution in [0.1, 0.15) is 46.5 Å². The van der Waals surface area contributed by atoms with Gasteiger partial charge in [0.1, 0.15) is 24.4 Å². The third-order valence-electron chi connectivity index (χ3n) is 4.05. The normalized spacial score (nSPS) is 33.7. The smallest absolute Gasteiger partial charge is 0.186 e. The third-order valence-corrected chi connectivity index (χ3v) is 4.05. The molecule has 0 saturated carbocycles. The van der Waals surface area contributed by atoms with Crippen molar-refractivity contribution in [1.29, 1.82) is 0 Å². The Bertz CT molecular complexity index is 329. The molecule has 6 atom stereocenters. The SMILES string of the molecule is CC(C)(C)CCC[C@@H](O)CCO[C@H]1OC(CO)[C@H](O)C(O)C1O. The molecule has 5 N–H and O–H groups in total. The molecule has 0 aromatic rings. The Kier molecular flexibility index (Phi) is 8.37. The molecule has 1 aliphatic rings. The maximum Gasteiger partial charge on any atom is 0.186 e. The molecule has 0 aliphatic carbocycles. The van der Waals surface area contributed by atoms with Crippen molar-refractivity contribution in [3.05, 3.63) is 0 Å². The highest BCUT2D eigenvalue weighted by Crippen LogP contribution is 2.24. The minimum absolute atomic E-state index is 0.152. The number of hydrogen-bond donors (Lipinski definition) is 5. The van der Waals surface area contributed by atoms with Gasteiger partial charge in [-0.05, 0) is 24.7 Å². The average molecular weight is 336 g/mol. The molecule has 0 amide bonds. The van der Waals surface area contributed by atoms with Crippen molar-refractivity contribution in [2.45, 2.75) is 83.3 Å². The van der Waals surface area contributed by atoms with Gasteiger partial charge in [0, 0.05) is 0 Å². The van der Waals surface area contributed by atoms with E-state index in [9.17, 15) is 20.4 Å². The van der Waals surface area contributed by atoms with Crippen LogP contribution in [0, 0.1) is 5.41 Å². The zero-order valence-electron chi connectivity index (χ0n) is 14.3. The van der Waals surface area contributed by atoms with Crippen LogP contribution in [0.2, 0.25) is 0 Å². The first-order valence-corrected chi connectivity index (χ1v) is 8.26. The lowest BCUT2D eigenvalue weighted by atomic mass is 9.89. The van der Waals surface area contributed by atoms with Crippen LogP contribution in [0.4, 0.5) is 0 Å². The molecule has 23 heavy (non-hydrogen) atoms. The van der Waals surface area contributed by atoms with Gasteiger partial charge in [0.05, 0.1) is 19.3 Å². The fraction of sp³-hybridized carbons (Fsp3) is 1.00. The van der Waals surface area contributed by atoms with E-state index >= 15 is 0 Å². The largest absolute Gasteiger partial charge is 0.394 e. The second-order valence-electron chi connectivity index (χ2n) is 7.46. The molecule has 1 saturated heterocycles. The van der Waals surface area contributed by atoms with Gasteiger partial charge in [0.2, 0.25) is 0 Å². The van der Waals surface area contributed by atoms with Crippen molar-refractivity contribution in [2.24, 2.45) is 5.41 Å². The molecule has 0 radical (unpaired) electrons. The van der Waals surface area contributed by atoms with Gasteiger partial charge < -0.3 is 35.0 Å². The summed E-state index contributed by atoms with van der Waals surface area (Å²) < 4.78 is 10.6. The van der Waals surface area contributed by atoms with Gasteiger partial charge in [0.25, 0.3) is 0 Å². The van der Waals surface area contributed by atoms with Gasteiger partial charge >= 0.3 is 0 Å².